The Labute approximate surface area is 249 Å². The largest absolute Gasteiger partial charge is 0.434 e. The first-order valence-corrected chi connectivity index (χ1v) is 15.4. The maximum Gasteiger partial charge on any atom is 0.391 e. The fourth-order valence-electron chi connectivity index (χ4n) is 4.92. The number of aliphatic hydroxyl groups excluding tert-OH is 1. The lowest BCUT2D eigenvalue weighted by atomic mass is 9.82. The van der Waals surface area contributed by atoms with Crippen molar-refractivity contribution in [3.8, 4) is 17.0 Å². The van der Waals surface area contributed by atoms with Crippen molar-refractivity contribution in [3.05, 3.63) is 23.0 Å². The van der Waals surface area contributed by atoms with Crippen molar-refractivity contribution in [3.63, 3.8) is 0 Å². The number of aryl methyl sites for hydroxylation is 1. The Bertz CT molecular complexity index is 1440. The molecule has 2 aromatic rings. The zero-order valence-electron chi connectivity index (χ0n) is 23.7. The normalized spacial score (nSPS) is 21.6. The molecule has 4 N–H and O–H groups in total. The molecule has 18 heteroatoms. The summed E-state index contributed by atoms with van der Waals surface area (Å²) in [6.45, 7) is 0.412. The van der Waals surface area contributed by atoms with Crippen LogP contribution in [0.25, 0.3) is 11.3 Å². The number of carbonyl (C=O) groups is 1. The SMILES string of the molecule is CCn1nc(C(=O)NC[C@@]2(O)CC[C@H](S(C)(=O)=O)C[C@@H]2O)c(Cl)c1-c1cnc(NC(C)(C)CC(F)(F)F)cc1OC(F)F. The van der Waals surface area contributed by atoms with Gasteiger partial charge in [0.25, 0.3) is 5.91 Å². The number of alkyl halides is 5. The van der Waals surface area contributed by atoms with Gasteiger partial charge in [0.15, 0.2) is 5.69 Å². The minimum atomic E-state index is -4.51. The Hall–Kier alpha value is -2.76. The zero-order valence-corrected chi connectivity index (χ0v) is 25.2. The van der Waals surface area contributed by atoms with Crippen LogP contribution in [-0.4, -0.2) is 87.4 Å². The van der Waals surface area contributed by atoms with Gasteiger partial charge in [-0.1, -0.05) is 11.6 Å². The lowest BCUT2D eigenvalue weighted by molar-refractivity contribution is -0.142. The first-order chi connectivity index (χ1) is 19.7. The minimum Gasteiger partial charge on any atom is -0.434 e. The van der Waals surface area contributed by atoms with Gasteiger partial charge in [-0.2, -0.15) is 27.1 Å². The Kier molecular flexibility index (Phi) is 10.2. The van der Waals surface area contributed by atoms with Crippen LogP contribution in [0.1, 0.15) is 56.9 Å². The topological polar surface area (TPSA) is 156 Å². The molecule has 0 radical (unpaired) electrons. The fraction of sp³-hybridized carbons (Fsp3) is 0.640. The second kappa shape index (κ2) is 12.7. The number of rotatable bonds is 11. The van der Waals surface area contributed by atoms with Crippen LogP contribution in [0.5, 0.6) is 5.75 Å². The number of aliphatic hydroxyl groups is 2. The zero-order chi connectivity index (χ0) is 32.5. The van der Waals surface area contributed by atoms with Crippen LogP contribution in [0, 0.1) is 0 Å². The van der Waals surface area contributed by atoms with Crippen molar-refractivity contribution in [1.82, 2.24) is 20.1 Å². The van der Waals surface area contributed by atoms with Crippen LogP contribution in [0.4, 0.5) is 27.8 Å². The van der Waals surface area contributed by atoms with Crippen LogP contribution in [-0.2, 0) is 16.4 Å². The van der Waals surface area contributed by atoms with Crippen molar-refractivity contribution in [2.24, 2.45) is 0 Å². The van der Waals surface area contributed by atoms with Gasteiger partial charge in [-0.25, -0.2) is 13.4 Å². The maximum absolute atomic E-state index is 13.4. The van der Waals surface area contributed by atoms with Crippen molar-refractivity contribution >= 4 is 33.2 Å². The van der Waals surface area contributed by atoms with E-state index in [1.54, 1.807) is 6.92 Å². The number of amides is 1. The van der Waals surface area contributed by atoms with Crippen LogP contribution in [0.15, 0.2) is 12.3 Å². The van der Waals surface area contributed by atoms with E-state index in [0.29, 0.717) is 0 Å². The van der Waals surface area contributed by atoms with Gasteiger partial charge in [0.1, 0.15) is 27.0 Å². The van der Waals surface area contributed by atoms with E-state index < -0.39 is 69.7 Å². The molecule has 242 valence electrons. The first-order valence-electron chi connectivity index (χ1n) is 13.1. The quantitative estimate of drug-likeness (QED) is 0.263. The van der Waals surface area contributed by atoms with E-state index in [1.807, 2.05) is 0 Å². The highest BCUT2D eigenvalue weighted by Gasteiger charge is 2.44. The molecule has 0 spiro atoms. The molecular weight excluding hydrogens is 629 g/mol. The third-order valence-corrected chi connectivity index (χ3v) is 9.02. The average molecular weight is 662 g/mol. The number of pyridine rings is 1. The summed E-state index contributed by atoms with van der Waals surface area (Å²) in [5, 5.41) is 29.3. The summed E-state index contributed by atoms with van der Waals surface area (Å²) in [5.74, 6) is -1.58. The number of ether oxygens (including phenoxy) is 1. The van der Waals surface area contributed by atoms with Crippen molar-refractivity contribution in [2.45, 2.75) is 88.3 Å². The summed E-state index contributed by atoms with van der Waals surface area (Å²) in [7, 11) is -3.45. The van der Waals surface area contributed by atoms with Gasteiger partial charge in [-0.15, -0.1) is 0 Å². The van der Waals surface area contributed by atoms with Crippen molar-refractivity contribution in [2.75, 3.05) is 18.1 Å². The predicted molar refractivity (Wildman–Crippen MR) is 147 cm³/mol. The maximum atomic E-state index is 13.4. The summed E-state index contributed by atoms with van der Waals surface area (Å²) in [6.07, 6.45) is -5.41. The number of halogens is 6. The number of nitrogens with one attached hydrogen (secondary N) is 2. The molecule has 3 atom stereocenters. The number of aromatic nitrogens is 3. The average Bonchev–Trinajstić information content (AvgIpc) is 3.18. The Morgan fingerprint density at radius 1 is 1.33 bits per heavy atom. The molecule has 1 fully saturated rings. The number of nitrogens with zero attached hydrogens (tertiary/aromatic N) is 3. The van der Waals surface area contributed by atoms with Crippen LogP contribution in [0.3, 0.4) is 0 Å². The van der Waals surface area contributed by atoms with E-state index in [0.717, 1.165) is 18.5 Å². The monoisotopic (exact) mass is 661 g/mol. The number of sulfone groups is 1. The highest BCUT2D eigenvalue weighted by molar-refractivity contribution is 7.91. The molecule has 11 nitrogen and oxygen atoms in total. The number of anilines is 1. The molecule has 2 aromatic heterocycles. The summed E-state index contributed by atoms with van der Waals surface area (Å²) >= 11 is 6.49. The summed E-state index contributed by atoms with van der Waals surface area (Å²) in [4.78, 5) is 17.1. The third kappa shape index (κ3) is 8.67. The molecule has 0 saturated heterocycles. The van der Waals surface area contributed by atoms with Gasteiger partial charge in [-0.3, -0.25) is 9.48 Å². The minimum absolute atomic E-state index is 0.0500. The molecule has 0 aliphatic heterocycles. The molecule has 1 saturated carbocycles. The fourth-order valence-corrected chi connectivity index (χ4v) is 6.32. The molecule has 3 rings (SSSR count). The van der Waals surface area contributed by atoms with Gasteiger partial charge in [-0.05, 0) is 40.0 Å². The summed E-state index contributed by atoms with van der Waals surface area (Å²) in [6, 6.07) is 0.979. The van der Waals surface area contributed by atoms with E-state index in [9.17, 15) is 45.4 Å². The molecule has 2 heterocycles. The van der Waals surface area contributed by atoms with Crippen molar-refractivity contribution in [1.29, 1.82) is 0 Å². The molecule has 0 unspecified atom stereocenters. The standard InChI is InChI=1S/C25H33ClF5N5O6S/c1-5-36-20(14-10-32-17(9-15(14)42-22(27)28)34-23(2,3)11-25(29,30)31)18(26)19(35-36)21(38)33-12-24(39)7-6-13(8-16(24)37)43(4,40)41/h9-10,13,16,22,37,39H,5-8,11-12H2,1-4H3,(H,32,34)(H,33,38)/t13-,16-,24-/m0/s1. The molecule has 0 aromatic carbocycles. The van der Waals surface area contributed by atoms with Gasteiger partial charge < -0.3 is 25.6 Å². The Morgan fingerprint density at radius 2 is 1.98 bits per heavy atom. The number of hydrogen-bond acceptors (Lipinski definition) is 9. The number of carbonyl (C=O) groups excluding carboxylic acids is 1. The Morgan fingerprint density at radius 3 is 2.51 bits per heavy atom. The van der Waals surface area contributed by atoms with Crippen LogP contribution in [0.2, 0.25) is 5.02 Å². The van der Waals surface area contributed by atoms with Gasteiger partial charge in [0.05, 0.1) is 34.1 Å². The second-order valence-corrected chi connectivity index (χ2v) is 13.8. The molecule has 1 aliphatic rings. The smallest absolute Gasteiger partial charge is 0.391 e. The molecular formula is C25H33ClF5N5O6S. The predicted octanol–water partition coefficient (Wildman–Crippen LogP) is 3.78. The van der Waals surface area contributed by atoms with E-state index in [4.69, 9.17) is 11.6 Å². The summed E-state index contributed by atoms with van der Waals surface area (Å²) < 4.78 is 95.1. The molecule has 43 heavy (non-hydrogen) atoms. The van der Waals surface area contributed by atoms with Gasteiger partial charge >= 0.3 is 12.8 Å². The van der Waals surface area contributed by atoms with Gasteiger partial charge in [0.2, 0.25) is 0 Å². The van der Waals surface area contributed by atoms with E-state index in [1.165, 1.54) is 18.5 Å². The van der Waals surface area contributed by atoms with E-state index in [2.05, 4.69) is 25.5 Å². The number of hydrogen-bond donors (Lipinski definition) is 4. The highest BCUT2D eigenvalue weighted by atomic mass is 35.5. The van der Waals surface area contributed by atoms with Crippen LogP contribution < -0.4 is 15.4 Å². The Balaban J connectivity index is 1.89. The van der Waals surface area contributed by atoms with E-state index in [-0.39, 0.29) is 53.6 Å². The summed E-state index contributed by atoms with van der Waals surface area (Å²) in [5.41, 5.74) is -3.93. The lowest BCUT2D eigenvalue weighted by Gasteiger charge is -2.39. The highest BCUT2D eigenvalue weighted by Crippen LogP contribution is 2.39. The molecule has 1 amide bonds. The van der Waals surface area contributed by atoms with Crippen molar-refractivity contribution < 1.29 is 50.1 Å². The van der Waals surface area contributed by atoms with Crippen LogP contribution >= 0.6 is 11.6 Å². The first kappa shape index (κ1) is 34.7. The molecule has 0 bridgehead atoms. The van der Waals surface area contributed by atoms with E-state index >= 15 is 0 Å². The second-order valence-electron chi connectivity index (χ2n) is 11.1. The molecule has 1 aliphatic carbocycles. The third-order valence-electron chi connectivity index (χ3n) is 7.02. The van der Waals surface area contributed by atoms with Gasteiger partial charge in [0, 0.05) is 37.1 Å². The lowest BCUT2D eigenvalue weighted by Crippen LogP contribution is -2.56.